The Kier molecular flexibility index (Phi) is 7.20. The molecule has 0 radical (unpaired) electrons. The van der Waals surface area contributed by atoms with Crippen molar-refractivity contribution in [2.75, 3.05) is 37.4 Å². The molecule has 0 bridgehead atoms. The molecule has 1 heterocycles. The number of nitrogens with zero attached hydrogens (tertiary/aromatic N) is 1. The van der Waals surface area contributed by atoms with Crippen molar-refractivity contribution in [3.8, 4) is 11.5 Å². The Morgan fingerprint density at radius 3 is 2.60 bits per heavy atom. The number of anilines is 1. The van der Waals surface area contributed by atoms with Crippen LogP contribution in [0.3, 0.4) is 0 Å². The first-order chi connectivity index (χ1) is 14.4. The van der Waals surface area contributed by atoms with Crippen molar-refractivity contribution in [1.29, 1.82) is 0 Å². The molecule has 8 heteroatoms. The molecule has 1 N–H and O–H groups in total. The Hall–Kier alpha value is -2.74. The zero-order valence-electron chi connectivity index (χ0n) is 17.4. The quantitative estimate of drug-likeness (QED) is 0.648. The highest BCUT2D eigenvalue weighted by molar-refractivity contribution is 7.92. The van der Waals surface area contributed by atoms with E-state index in [-0.39, 0.29) is 11.7 Å². The van der Waals surface area contributed by atoms with E-state index in [0.717, 1.165) is 24.8 Å². The van der Waals surface area contributed by atoms with Crippen LogP contribution in [0, 0.1) is 0 Å². The van der Waals surface area contributed by atoms with Gasteiger partial charge in [0, 0.05) is 18.7 Å². The van der Waals surface area contributed by atoms with Gasteiger partial charge in [-0.2, -0.15) is 0 Å². The van der Waals surface area contributed by atoms with Crippen molar-refractivity contribution in [1.82, 2.24) is 5.32 Å². The number of carbonyl (C=O) groups excluding carboxylic acids is 1. The van der Waals surface area contributed by atoms with Crippen LogP contribution in [0.15, 0.2) is 42.5 Å². The average Bonchev–Trinajstić information content (AvgIpc) is 2.76. The third-order valence-corrected chi connectivity index (χ3v) is 6.99. The van der Waals surface area contributed by atoms with Gasteiger partial charge < -0.3 is 14.8 Å². The summed E-state index contributed by atoms with van der Waals surface area (Å²) in [6.45, 7) is 0.970. The molecule has 0 spiro atoms. The molecule has 2 aromatic carbocycles. The molecule has 1 fully saturated rings. The monoisotopic (exact) mass is 432 g/mol. The second-order valence-corrected chi connectivity index (χ2v) is 9.21. The molecule has 30 heavy (non-hydrogen) atoms. The Labute approximate surface area is 178 Å². The number of methoxy groups -OCH3 is 2. The number of sulfonamides is 1. The minimum Gasteiger partial charge on any atom is -0.493 e. The summed E-state index contributed by atoms with van der Waals surface area (Å²) in [6, 6.07) is 12.6. The Bertz CT molecular complexity index is 991. The zero-order chi connectivity index (χ0) is 21.6. The highest BCUT2D eigenvalue weighted by Gasteiger charge is 2.26. The highest BCUT2D eigenvalue weighted by atomic mass is 32.2. The Morgan fingerprint density at radius 1 is 1.07 bits per heavy atom. The maximum absolute atomic E-state index is 12.5. The summed E-state index contributed by atoms with van der Waals surface area (Å²) in [5.74, 6) is 1.31. The summed E-state index contributed by atoms with van der Waals surface area (Å²) in [7, 11) is -0.0968. The molecule has 1 saturated heterocycles. The SMILES string of the molecule is COc1ccc(CCCNC(=O)c2cccc(N3CCCCS3(=O)=O)c2)cc1OC. The van der Waals surface area contributed by atoms with E-state index in [4.69, 9.17) is 9.47 Å². The largest absolute Gasteiger partial charge is 0.493 e. The topological polar surface area (TPSA) is 84.9 Å². The molecule has 0 atom stereocenters. The van der Waals surface area contributed by atoms with E-state index in [1.165, 1.54) is 4.31 Å². The van der Waals surface area contributed by atoms with Crippen LogP contribution in [-0.2, 0) is 16.4 Å². The van der Waals surface area contributed by atoms with Gasteiger partial charge in [0.2, 0.25) is 10.0 Å². The number of carbonyl (C=O) groups is 1. The fourth-order valence-corrected chi connectivity index (χ4v) is 5.15. The molecule has 1 aliphatic heterocycles. The van der Waals surface area contributed by atoms with E-state index in [2.05, 4.69) is 5.32 Å². The normalized spacial score (nSPS) is 15.5. The van der Waals surface area contributed by atoms with E-state index in [0.29, 0.717) is 42.3 Å². The average molecular weight is 433 g/mol. The van der Waals surface area contributed by atoms with Crippen LogP contribution in [0.4, 0.5) is 5.69 Å². The van der Waals surface area contributed by atoms with E-state index in [1.807, 2.05) is 18.2 Å². The first-order valence-electron chi connectivity index (χ1n) is 10.0. The maximum atomic E-state index is 12.5. The summed E-state index contributed by atoms with van der Waals surface area (Å²) in [4.78, 5) is 12.5. The van der Waals surface area contributed by atoms with Crippen molar-refractivity contribution in [3.05, 3.63) is 53.6 Å². The third kappa shape index (κ3) is 5.24. The molecule has 7 nitrogen and oxygen atoms in total. The number of hydrogen-bond acceptors (Lipinski definition) is 5. The van der Waals surface area contributed by atoms with Crippen LogP contribution in [0.1, 0.15) is 35.2 Å². The fraction of sp³-hybridized carbons (Fsp3) is 0.409. The van der Waals surface area contributed by atoms with Gasteiger partial charge in [-0.15, -0.1) is 0 Å². The standard InChI is InChI=1S/C22H28N2O5S/c1-28-20-11-10-17(15-21(20)29-2)7-6-12-23-22(25)18-8-5-9-19(16-18)24-13-3-4-14-30(24,26)27/h5,8-11,15-16H,3-4,6-7,12-14H2,1-2H3,(H,23,25). The lowest BCUT2D eigenvalue weighted by molar-refractivity contribution is 0.0953. The molecule has 162 valence electrons. The number of nitrogens with one attached hydrogen (secondary N) is 1. The number of benzene rings is 2. The van der Waals surface area contributed by atoms with Crippen LogP contribution >= 0.6 is 0 Å². The predicted octanol–water partition coefficient (Wildman–Crippen LogP) is 3.00. The van der Waals surface area contributed by atoms with Crippen molar-refractivity contribution in [3.63, 3.8) is 0 Å². The second kappa shape index (κ2) is 9.84. The van der Waals surface area contributed by atoms with Gasteiger partial charge in [-0.3, -0.25) is 9.10 Å². The highest BCUT2D eigenvalue weighted by Crippen LogP contribution is 2.28. The van der Waals surface area contributed by atoms with Crippen molar-refractivity contribution >= 4 is 21.6 Å². The summed E-state index contributed by atoms with van der Waals surface area (Å²) in [5.41, 5.74) is 2.10. The molecule has 0 saturated carbocycles. The number of rotatable bonds is 8. The lowest BCUT2D eigenvalue weighted by Gasteiger charge is -2.28. The van der Waals surface area contributed by atoms with Gasteiger partial charge in [0.1, 0.15) is 0 Å². The molecular weight excluding hydrogens is 404 g/mol. The first-order valence-corrected chi connectivity index (χ1v) is 11.6. The minimum atomic E-state index is -3.30. The molecule has 1 amide bonds. The van der Waals surface area contributed by atoms with Crippen LogP contribution < -0.4 is 19.1 Å². The molecule has 0 unspecified atom stereocenters. The van der Waals surface area contributed by atoms with Crippen LogP contribution in [-0.4, -0.2) is 47.4 Å². The zero-order valence-corrected chi connectivity index (χ0v) is 18.2. The van der Waals surface area contributed by atoms with Crippen LogP contribution in [0.25, 0.3) is 0 Å². The molecular formula is C22H28N2O5S. The van der Waals surface area contributed by atoms with Crippen molar-refractivity contribution in [2.45, 2.75) is 25.7 Å². The summed E-state index contributed by atoms with van der Waals surface area (Å²) < 4.78 is 36.6. The predicted molar refractivity (Wildman–Crippen MR) is 117 cm³/mol. The van der Waals surface area contributed by atoms with Gasteiger partial charge in [0.05, 0.1) is 25.7 Å². The van der Waals surface area contributed by atoms with Gasteiger partial charge >= 0.3 is 0 Å². The van der Waals surface area contributed by atoms with Gasteiger partial charge in [-0.25, -0.2) is 8.42 Å². The third-order valence-electron chi connectivity index (χ3n) is 5.12. The fourth-order valence-electron chi connectivity index (χ4n) is 3.51. The van der Waals surface area contributed by atoms with Gasteiger partial charge in [-0.05, 0) is 61.6 Å². The first kappa shape index (κ1) is 22.0. The van der Waals surface area contributed by atoms with E-state index >= 15 is 0 Å². The van der Waals surface area contributed by atoms with Crippen LogP contribution in [0.5, 0.6) is 11.5 Å². The van der Waals surface area contributed by atoms with Gasteiger partial charge in [-0.1, -0.05) is 12.1 Å². The molecule has 0 aliphatic carbocycles. The second-order valence-electron chi connectivity index (χ2n) is 7.19. The molecule has 3 rings (SSSR count). The summed E-state index contributed by atoms with van der Waals surface area (Å²) >= 11 is 0. The summed E-state index contributed by atoms with van der Waals surface area (Å²) in [6.07, 6.45) is 3.05. The van der Waals surface area contributed by atoms with E-state index in [1.54, 1.807) is 38.5 Å². The maximum Gasteiger partial charge on any atom is 0.251 e. The lowest BCUT2D eigenvalue weighted by atomic mass is 10.1. The minimum absolute atomic E-state index is 0.152. The molecule has 1 aliphatic rings. The Balaban J connectivity index is 1.55. The van der Waals surface area contributed by atoms with Crippen molar-refractivity contribution < 1.29 is 22.7 Å². The van der Waals surface area contributed by atoms with E-state index in [9.17, 15) is 13.2 Å². The Morgan fingerprint density at radius 2 is 1.87 bits per heavy atom. The van der Waals surface area contributed by atoms with Gasteiger partial charge in [0.15, 0.2) is 11.5 Å². The van der Waals surface area contributed by atoms with E-state index < -0.39 is 10.0 Å². The number of hydrogen-bond donors (Lipinski definition) is 1. The number of amides is 1. The lowest BCUT2D eigenvalue weighted by Crippen LogP contribution is -2.38. The van der Waals surface area contributed by atoms with Gasteiger partial charge in [0.25, 0.3) is 5.91 Å². The molecule has 2 aromatic rings. The smallest absolute Gasteiger partial charge is 0.251 e. The van der Waals surface area contributed by atoms with Crippen molar-refractivity contribution in [2.24, 2.45) is 0 Å². The van der Waals surface area contributed by atoms with Crippen LogP contribution in [0.2, 0.25) is 0 Å². The summed E-state index contributed by atoms with van der Waals surface area (Å²) in [5, 5.41) is 2.91. The number of aryl methyl sites for hydroxylation is 1. The molecule has 0 aromatic heterocycles. The number of ether oxygens (including phenoxy) is 2.